The quantitative estimate of drug-likeness (QED) is 0.806. The number of para-hydroxylation sites is 1. The molecule has 1 fully saturated rings. The Balaban J connectivity index is 2.21. The predicted octanol–water partition coefficient (Wildman–Crippen LogP) is 2.67. The summed E-state index contributed by atoms with van der Waals surface area (Å²) >= 11 is 0. The maximum atomic E-state index is 14.3. The second-order valence-corrected chi connectivity index (χ2v) is 6.23. The third-order valence-electron chi connectivity index (χ3n) is 3.50. The van der Waals surface area contributed by atoms with E-state index in [2.05, 4.69) is 5.32 Å². The molecule has 0 spiro atoms. The number of nitrogens with one attached hydrogen (secondary N) is 1. The average molecular weight is 280 g/mol. The van der Waals surface area contributed by atoms with Gasteiger partial charge in [-0.15, -0.1) is 0 Å². The van der Waals surface area contributed by atoms with Crippen LogP contribution < -0.4 is 10.2 Å². The fraction of sp³-hybridized carbons (Fsp3) is 0.625. The molecule has 0 aliphatic heterocycles. The Labute approximate surface area is 120 Å². The number of aliphatic hydroxyl groups is 1. The van der Waals surface area contributed by atoms with Crippen LogP contribution in [0.3, 0.4) is 0 Å². The molecule has 3 nitrogen and oxygen atoms in total. The lowest BCUT2D eigenvalue weighted by atomic mass is 10.1. The molecule has 1 aromatic rings. The largest absolute Gasteiger partial charge is 0.389 e. The number of hydrogen-bond acceptors (Lipinski definition) is 3. The van der Waals surface area contributed by atoms with Gasteiger partial charge in [-0.25, -0.2) is 4.39 Å². The fourth-order valence-electron chi connectivity index (χ4n) is 2.41. The van der Waals surface area contributed by atoms with E-state index in [0.29, 0.717) is 31.4 Å². The zero-order valence-corrected chi connectivity index (χ0v) is 12.6. The van der Waals surface area contributed by atoms with E-state index in [0.717, 1.165) is 5.56 Å². The highest BCUT2D eigenvalue weighted by Crippen LogP contribution is 2.27. The smallest absolute Gasteiger partial charge is 0.146 e. The van der Waals surface area contributed by atoms with Crippen molar-refractivity contribution in [3.8, 4) is 0 Å². The van der Waals surface area contributed by atoms with Gasteiger partial charge >= 0.3 is 0 Å². The molecule has 0 atom stereocenters. The summed E-state index contributed by atoms with van der Waals surface area (Å²) in [7, 11) is 0. The molecule has 0 heterocycles. The molecule has 2 rings (SSSR count). The molecule has 0 bridgehead atoms. The molecule has 0 unspecified atom stereocenters. The van der Waals surface area contributed by atoms with Gasteiger partial charge in [0.1, 0.15) is 5.82 Å². The second-order valence-electron chi connectivity index (χ2n) is 6.23. The van der Waals surface area contributed by atoms with Gasteiger partial charge in [0.05, 0.1) is 11.3 Å². The number of benzene rings is 1. The van der Waals surface area contributed by atoms with Crippen LogP contribution in [0.2, 0.25) is 0 Å². The van der Waals surface area contributed by atoms with Crippen LogP contribution in [0, 0.1) is 5.82 Å². The summed E-state index contributed by atoms with van der Waals surface area (Å²) in [5, 5.41) is 13.4. The number of nitrogens with zero attached hydrogens (tertiary/aromatic N) is 1. The van der Waals surface area contributed by atoms with Gasteiger partial charge in [-0.3, -0.25) is 0 Å². The Kier molecular flexibility index (Phi) is 4.66. The van der Waals surface area contributed by atoms with Gasteiger partial charge in [-0.05, 0) is 45.2 Å². The zero-order chi connectivity index (χ0) is 14.8. The maximum Gasteiger partial charge on any atom is 0.146 e. The first kappa shape index (κ1) is 15.3. The van der Waals surface area contributed by atoms with Crippen molar-refractivity contribution in [3.05, 3.63) is 29.6 Å². The zero-order valence-electron chi connectivity index (χ0n) is 12.6. The van der Waals surface area contributed by atoms with Crippen LogP contribution in [0.4, 0.5) is 10.1 Å². The van der Waals surface area contributed by atoms with Gasteiger partial charge in [-0.1, -0.05) is 12.1 Å². The molecule has 1 saturated carbocycles. The molecule has 4 heteroatoms. The molecule has 1 aromatic carbocycles. The van der Waals surface area contributed by atoms with Crippen LogP contribution in [0.5, 0.6) is 0 Å². The summed E-state index contributed by atoms with van der Waals surface area (Å²) in [5.41, 5.74) is 0.729. The van der Waals surface area contributed by atoms with E-state index in [-0.39, 0.29) is 5.82 Å². The summed E-state index contributed by atoms with van der Waals surface area (Å²) < 4.78 is 14.3. The van der Waals surface area contributed by atoms with Crippen molar-refractivity contribution in [2.24, 2.45) is 0 Å². The highest BCUT2D eigenvalue weighted by molar-refractivity contribution is 5.55. The van der Waals surface area contributed by atoms with Gasteiger partial charge in [0, 0.05) is 25.7 Å². The number of rotatable bonds is 7. The molecule has 2 N–H and O–H groups in total. The van der Waals surface area contributed by atoms with E-state index < -0.39 is 5.60 Å². The van der Waals surface area contributed by atoms with Gasteiger partial charge < -0.3 is 15.3 Å². The van der Waals surface area contributed by atoms with Crippen molar-refractivity contribution in [1.82, 2.24) is 5.32 Å². The molecular weight excluding hydrogens is 255 g/mol. The Morgan fingerprint density at radius 1 is 1.40 bits per heavy atom. The normalized spacial score (nSPS) is 15.4. The Hall–Kier alpha value is -1.13. The molecule has 112 valence electrons. The molecule has 0 aromatic heterocycles. The molecule has 1 aliphatic rings. The van der Waals surface area contributed by atoms with Gasteiger partial charge in [0.25, 0.3) is 0 Å². The summed E-state index contributed by atoms with van der Waals surface area (Å²) in [6.45, 7) is 7.25. The van der Waals surface area contributed by atoms with Crippen LogP contribution in [0.1, 0.15) is 39.2 Å². The van der Waals surface area contributed by atoms with Crippen LogP contribution in [0.25, 0.3) is 0 Å². The minimum absolute atomic E-state index is 0.216. The molecular formula is C16H25FN2O. The second kappa shape index (κ2) is 6.10. The predicted molar refractivity (Wildman–Crippen MR) is 80.4 cm³/mol. The number of likely N-dealkylation sites (N-methyl/N-ethyl adjacent to an activating group) is 1. The van der Waals surface area contributed by atoms with Crippen LogP contribution in [-0.4, -0.2) is 29.8 Å². The summed E-state index contributed by atoms with van der Waals surface area (Å²) in [6, 6.07) is 5.79. The molecule has 1 aliphatic carbocycles. The SMILES string of the molecule is CCN(CC(C)(C)O)c1c(F)cccc1CNC1CC1. The third-order valence-corrected chi connectivity index (χ3v) is 3.50. The minimum atomic E-state index is -0.848. The van der Waals surface area contributed by atoms with E-state index in [1.165, 1.54) is 18.9 Å². The van der Waals surface area contributed by atoms with Crippen molar-refractivity contribution in [2.45, 2.75) is 51.8 Å². The number of hydrogen-bond donors (Lipinski definition) is 2. The van der Waals surface area contributed by atoms with Gasteiger partial charge in [-0.2, -0.15) is 0 Å². The summed E-state index contributed by atoms with van der Waals surface area (Å²) in [5.74, 6) is -0.216. The van der Waals surface area contributed by atoms with E-state index in [1.54, 1.807) is 19.9 Å². The molecule has 0 saturated heterocycles. The minimum Gasteiger partial charge on any atom is -0.389 e. The van der Waals surface area contributed by atoms with Crippen molar-refractivity contribution >= 4 is 5.69 Å². The first-order chi connectivity index (χ1) is 9.40. The first-order valence-corrected chi connectivity index (χ1v) is 7.39. The summed E-state index contributed by atoms with van der Waals surface area (Å²) in [4.78, 5) is 1.92. The van der Waals surface area contributed by atoms with Crippen LogP contribution in [0.15, 0.2) is 18.2 Å². The summed E-state index contributed by atoms with van der Waals surface area (Å²) in [6.07, 6.45) is 2.43. The lowest BCUT2D eigenvalue weighted by Gasteiger charge is -2.31. The molecule has 0 amide bonds. The Bertz CT molecular complexity index is 452. The van der Waals surface area contributed by atoms with Gasteiger partial charge in [0.15, 0.2) is 0 Å². The standard InChI is InChI=1S/C16H25FN2O/c1-4-19(11-16(2,3)20)15-12(6-5-7-14(15)17)10-18-13-8-9-13/h5-7,13,18,20H,4,8-11H2,1-3H3. The highest BCUT2D eigenvalue weighted by atomic mass is 19.1. The van der Waals surface area contributed by atoms with Crippen LogP contribution in [-0.2, 0) is 6.54 Å². The fourth-order valence-corrected chi connectivity index (χ4v) is 2.41. The molecule has 20 heavy (non-hydrogen) atoms. The lowest BCUT2D eigenvalue weighted by Crippen LogP contribution is -2.39. The topological polar surface area (TPSA) is 35.5 Å². The first-order valence-electron chi connectivity index (χ1n) is 7.39. The van der Waals surface area contributed by atoms with Crippen molar-refractivity contribution in [2.75, 3.05) is 18.0 Å². The van der Waals surface area contributed by atoms with E-state index in [1.807, 2.05) is 17.9 Å². The van der Waals surface area contributed by atoms with Crippen LogP contribution >= 0.6 is 0 Å². The van der Waals surface area contributed by atoms with Gasteiger partial charge in [0.2, 0.25) is 0 Å². The van der Waals surface area contributed by atoms with Crippen molar-refractivity contribution in [1.29, 1.82) is 0 Å². The van der Waals surface area contributed by atoms with Crippen molar-refractivity contribution < 1.29 is 9.50 Å². The van der Waals surface area contributed by atoms with E-state index in [4.69, 9.17) is 0 Å². The monoisotopic (exact) mass is 280 g/mol. The maximum absolute atomic E-state index is 14.3. The van der Waals surface area contributed by atoms with E-state index in [9.17, 15) is 9.50 Å². The number of halogens is 1. The number of anilines is 1. The highest BCUT2D eigenvalue weighted by Gasteiger charge is 2.24. The Morgan fingerprint density at radius 2 is 2.10 bits per heavy atom. The Morgan fingerprint density at radius 3 is 2.65 bits per heavy atom. The average Bonchev–Trinajstić information content (AvgIpc) is 3.17. The third kappa shape index (κ3) is 4.18. The molecule has 0 radical (unpaired) electrons. The van der Waals surface area contributed by atoms with E-state index >= 15 is 0 Å². The lowest BCUT2D eigenvalue weighted by molar-refractivity contribution is 0.0874. The van der Waals surface area contributed by atoms with Crippen molar-refractivity contribution in [3.63, 3.8) is 0 Å².